The summed E-state index contributed by atoms with van der Waals surface area (Å²) in [5.74, 6) is 0.728. The highest BCUT2D eigenvalue weighted by Crippen LogP contribution is 2.41. The second-order valence-corrected chi connectivity index (χ2v) is 4.34. The number of fused-ring (bicyclic) bond motifs is 3. The zero-order valence-electron chi connectivity index (χ0n) is 7.86. The number of nitrogens with zero attached hydrogens (tertiary/aromatic N) is 1. The smallest absolute Gasteiger partial charge is 0.176 e. The summed E-state index contributed by atoms with van der Waals surface area (Å²) in [4.78, 5) is 17.0. The van der Waals surface area contributed by atoms with Crippen molar-refractivity contribution in [3.63, 3.8) is 0 Å². The molecule has 0 saturated carbocycles. The summed E-state index contributed by atoms with van der Waals surface area (Å²) in [6.45, 7) is 0. The molecule has 0 unspecified atom stereocenters. The van der Waals surface area contributed by atoms with E-state index in [-0.39, 0.29) is 5.78 Å². The Balaban J connectivity index is 2.27. The minimum absolute atomic E-state index is 0.185. The van der Waals surface area contributed by atoms with Crippen molar-refractivity contribution in [1.29, 1.82) is 0 Å². The highest BCUT2D eigenvalue weighted by Gasteiger charge is 2.25. The summed E-state index contributed by atoms with van der Waals surface area (Å²) in [7, 11) is 0. The molecule has 0 aliphatic carbocycles. The molecule has 0 radical (unpaired) electrons. The van der Waals surface area contributed by atoms with E-state index in [1.165, 1.54) is 0 Å². The Morgan fingerprint density at radius 2 is 2.33 bits per heavy atom. The van der Waals surface area contributed by atoms with Crippen molar-refractivity contribution in [3.8, 4) is 0 Å². The molecular formula is C11H8N2OS. The molecule has 2 aliphatic rings. The van der Waals surface area contributed by atoms with Crippen LogP contribution in [0.1, 0.15) is 10.4 Å². The van der Waals surface area contributed by atoms with Gasteiger partial charge in [0.1, 0.15) is 0 Å². The van der Waals surface area contributed by atoms with E-state index >= 15 is 0 Å². The summed E-state index contributed by atoms with van der Waals surface area (Å²) in [5.41, 5.74) is 2.46. The maximum atomic E-state index is 11.7. The molecular weight excluding hydrogens is 208 g/mol. The van der Waals surface area contributed by atoms with E-state index in [4.69, 9.17) is 0 Å². The van der Waals surface area contributed by atoms with E-state index < -0.39 is 0 Å². The third-order valence-corrected chi connectivity index (χ3v) is 3.46. The van der Waals surface area contributed by atoms with Crippen molar-refractivity contribution >= 4 is 35.1 Å². The van der Waals surface area contributed by atoms with Crippen LogP contribution in [0, 0.1) is 0 Å². The van der Waals surface area contributed by atoms with E-state index in [9.17, 15) is 4.79 Å². The molecule has 1 aromatic carbocycles. The molecule has 1 N–H and O–H groups in total. The first-order chi connectivity index (χ1) is 7.36. The average molecular weight is 216 g/mol. The number of ketones is 1. The van der Waals surface area contributed by atoms with E-state index in [1.807, 2.05) is 18.2 Å². The lowest BCUT2D eigenvalue weighted by atomic mass is 10.1. The first kappa shape index (κ1) is 8.73. The van der Waals surface area contributed by atoms with Gasteiger partial charge in [0.05, 0.1) is 22.7 Å². The number of carbonyl (C=O) groups is 1. The third kappa shape index (κ3) is 1.29. The fourth-order valence-electron chi connectivity index (χ4n) is 1.74. The van der Waals surface area contributed by atoms with Crippen LogP contribution >= 0.6 is 11.8 Å². The van der Waals surface area contributed by atoms with Crippen molar-refractivity contribution in [2.75, 3.05) is 11.1 Å². The second kappa shape index (κ2) is 3.24. The van der Waals surface area contributed by atoms with Gasteiger partial charge >= 0.3 is 0 Å². The topological polar surface area (TPSA) is 41.5 Å². The van der Waals surface area contributed by atoms with Gasteiger partial charge in [-0.25, -0.2) is 0 Å². The van der Waals surface area contributed by atoms with Gasteiger partial charge in [0.2, 0.25) is 0 Å². The van der Waals surface area contributed by atoms with Crippen molar-refractivity contribution in [2.24, 2.45) is 4.99 Å². The summed E-state index contributed by atoms with van der Waals surface area (Å²) in [6, 6.07) is 3.91. The van der Waals surface area contributed by atoms with E-state index in [1.54, 1.807) is 24.2 Å². The zero-order chi connectivity index (χ0) is 10.3. The largest absolute Gasteiger partial charge is 0.359 e. The lowest BCUT2D eigenvalue weighted by molar-refractivity contribution is 0.102. The molecule has 74 valence electrons. The maximum absolute atomic E-state index is 11.7. The Morgan fingerprint density at radius 3 is 3.27 bits per heavy atom. The molecule has 3 nitrogen and oxygen atoms in total. The highest BCUT2D eigenvalue weighted by molar-refractivity contribution is 8.00. The van der Waals surface area contributed by atoms with Crippen molar-refractivity contribution < 1.29 is 4.79 Å². The maximum Gasteiger partial charge on any atom is 0.176 e. The Hall–Kier alpha value is -1.55. The quantitative estimate of drug-likeness (QED) is 0.724. The normalized spacial score (nSPS) is 16.9. The van der Waals surface area contributed by atoms with E-state index in [0.29, 0.717) is 5.75 Å². The van der Waals surface area contributed by atoms with E-state index in [2.05, 4.69) is 10.3 Å². The molecule has 0 fully saturated rings. The molecule has 0 saturated heterocycles. The Bertz CT molecular complexity index is 506. The van der Waals surface area contributed by atoms with Gasteiger partial charge in [0.15, 0.2) is 5.78 Å². The molecule has 0 atom stereocenters. The predicted octanol–water partition coefficient (Wildman–Crippen LogP) is 2.62. The third-order valence-electron chi connectivity index (χ3n) is 2.41. The van der Waals surface area contributed by atoms with Crippen LogP contribution in [0.2, 0.25) is 0 Å². The van der Waals surface area contributed by atoms with Gasteiger partial charge in [-0.05, 0) is 18.2 Å². The van der Waals surface area contributed by atoms with Crippen LogP contribution in [0.3, 0.4) is 0 Å². The Morgan fingerprint density at radius 1 is 1.40 bits per heavy atom. The van der Waals surface area contributed by atoms with Crippen LogP contribution in [0.15, 0.2) is 34.3 Å². The minimum Gasteiger partial charge on any atom is -0.359 e. The number of hydrogen-bond donors (Lipinski definition) is 1. The number of carbonyl (C=O) groups excluding carboxylic acids is 1. The summed E-state index contributed by atoms with van der Waals surface area (Å²) in [6.07, 6.45) is 5.34. The number of anilines is 1. The standard InChI is InChI=1S/C11H8N2OS/c14-8-6-15-9-3-2-7-11(10(8)9)13-5-1-4-12-7/h1-5,13H,6H2. The number of allylic oxidation sites excluding steroid dienone is 1. The first-order valence-corrected chi connectivity index (χ1v) is 5.63. The molecule has 0 bridgehead atoms. The molecule has 2 aliphatic heterocycles. The van der Waals surface area contributed by atoms with Gasteiger partial charge in [-0.2, -0.15) is 0 Å². The second-order valence-electron chi connectivity index (χ2n) is 3.33. The number of aliphatic imine (C=N–C) groups is 1. The molecule has 2 heterocycles. The van der Waals surface area contributed by atoms with Crippen molar-refractivity contribution in [2.45, 2.75) is 4.90 Å². The monoisotopic (exact) mass is 216 g/mol. The van der Waals surface area contributed by atoms with Gasteiger partial charge in [-0.1, -0.05) is 0 Å². The Labute approximate surface area is 91.3 Å². The minimum atomic E-state index is 0.185. The van der Waals surface area contributed by atoms with Crippen LogP contribution in [-0.4, -0.2) is 17.8 Å². The van der Waals surface area contributed by atoms with Crippen LogP contribution in [0.25, 0.3) is 0 Å². The number of benzene rings is 1. The SMILES string of the molecule is O=C1CSc2ccc3c(c21)NC=CC=N3. The molecule has 3 rings (SSSR count). The number of Topliss-reactive ketones (excluding diaryl/α,β-unsaturated/α-hetero) is 1. The number of hydrogen-bond acceptors (Lipinski definition) is 4. The molecule has 0 spiro atoms. The van der Waals surface area contributed by atoms with Crippen molar-refractivity contribution in [1.82, 2.24) is 0 Å². The van der Waals surface area contributed by atoms with Crippen LogP contribution in [0.5, 0.6) is 0 Å². The fraction of sp³-hybridized carbons (Fsp3) is 0.0909. The number of rotatable bonds is 0. The predicted molar refractivity (Wildman–Crippen MR) is 62.4 cm³/mol. The molecule has 0 aromatic heterocycles. The fourth-order valence-corrected chi connectivity index (χ4v) is 2.69. The van der Waals surface area contributed by atoms with Crippen LogP contribution < -0.4 is 5.32 Å². The molecule has 1 aromatic rings. The van der Waals surface area contributed by atoms with Crippen molar-refractivity contribution in [3.05, 3.63) is 30.0 Å². The lowest BCUT2D eigenvalue weighted by Crippen LogP contribution is -2.00. The summed E-state index contributed by atoms with van der Waals surface area (Å²) >= 11 is 1.59. The number of thioether (sulfide) groups is 1. The zero-order valence-corrected chi connectivity index (χ0v) is 8.67. The highest BCUT2D eigenvalue weighted by atomic mass is 32.2. The molecule has 4 heteroatoms. The van der Waals surface area contributed by atoms with Crippen LogP contribution in [-0.2, 0) is 0 Å². The van der Waals surface area contributed by atoms with Gasteiger partial charge in [-0.15, -0.1) is 11.8 Å². The average Bonchev–Trinajstić information content (AvgIpc) is 2.51. The summed E-state index contributed by atoms with van der Waals surface area (Å²) < 4.78 is 0. The summed E-state index contributed by atoms with van der Waals surface area (Å²) in [5, 5.41) is 3.12. The number of nitrogens with one attached hydrogen (secondary N) is 1. The Kier molecular flexibility index (Phi) is 1.89. The van der Waals surface area contributed by atoms with Gasteiger partial charge in [0, 0.05) is 17.3 Å². The molecule has 15 heavy (non-hydrogen) atoms. The first-order valence-electron chi connectivity index (χ1n) is 4.65. The van der Waals surface area contributed by atoms with Gasteiger partial charge in [-0.3, -0.25) is 9.79 Å². The van der Waals surface area contributed by atoms with Gasteiger partial charge < -0.3 is 5.32 Å². The van der Waals surface area contributed by atoms with Crippen LogP contribution in [0.4, 0.5) is 11.4 Å². The molecule has 0 amide bonds. The van der Waals surface area contributed by atoms with E-state index in [0.717, 1.165) is 21.8 Å². The van der Waals surface area contributed by atoms with Gasteiger partial charge in [0.25, 0.3) is 0 Å². The lowest BCUT2D eigenvalue weighted by Gasteiger charge is -2.08.